The van der Waals surface area contributed by atoms with E-state index in [1.807, 2.05) is 0 Å². The second-order valence-electron chi connectivity index (χ2n) is 11.3. The topological polar surface area (TPSA) is 187 Å². The molecule has 0 atom stereocenters. The van der Waals surface area contributed by atoms with Crippen molar-refractivity contribution in [2.45, 2.75) is 13.8 Å². The van der Waals surface area contributed by atoms with E-state index in [0.717, 1.165) is 0 Å². The molecule has 0 saturated carbocycles. The molecule has 4 N–H and O–H groups in total. The molecular formula is C30H36N4O9S2. The van der Waals surface area contributed by atoms with Crippen LogP contribution in [0.3, 0.4) is 0 Å². The molecule has 1 aliphatic carbocycles. The van der Waals surface area contributed by atoms with Gasteiger partial charge < -0.3 is 24.4 Å². The van der Waals surface area contributed by atoms with Crippen LogP contribution in [0.15, 0.2) is 45.6 Å². The molecule has 2 aromatic rings. The highest BCUT2D eigenvalue weighted by molar-refractivity contribution is 7.93. The number of aromatic carboxylic acids is 1. The number of nitrogens with one attached hydrogen (secondary N) is 2. The van der Waals surface area contributed by atoms with Crippen LogP contribution in [0.25, 0.3) is 33.4 Å². The van der Waals surface area contributed by atoms with E-state index in [9.17, 15) is 36.6 Å². The van der Waals surface area contributed by atoms with Crippen molar-refractivity contribution in [3.63, 3.8) is 0 Å². The lowest BCUT2D eigenvalue weighted by atomic mass is 9.88. The number of benzene rings is 3. The molecule has 1 heterocycles. The summed E-state index contributed by atoms with van der Waals surface area (Å²) in [5.41, 5.74) is -0.300. The first-order chi connectivity index (χ1) is 20.9. The van der Waals surface area contributed by atoms with Crippen molar-refractivity contribution in [2.75, 3.05) is 62.2 Å². The molecule has 2 aromatic carbocycles. The van der Waals surface area contributed by atoms with Gasteiger partial charge in [0, 0.05) is 40.7 Å². The second-order valence-corrected chi connectivity index (χ2v) is 15.0. The summed E-state index contributed by atoms with van der Waals surface area (Å²) in [6.45, 7) is 3.36. The number of carboxylic acids is 1. The number of anilines is 2. The van der Waals surface area contributed by atoms with Crippen LogP contribution in [0, 0.1) is 13.8 Å². The lowest BCUT2D eigenvalue weighted by Gasteiger charge is -2.22. The van der Waals surface area contributed by atoms with Crippen LogP contribution in [-0.2, 0) is 20.0 Å². The molecule has 15 heteroatoms. The average molecular weight is 661 g/mol. The molecule has 0 unspecified atom stereocenters. The number of nitrogens with zero attached hydrogens (tertiary/aromatic N) is 2. The number of phenols is 1. The maximum absolute atomic E-state index is 13.4. The minimum absolute atomic E-state index is 0.0424. The summed E-state index contributed by atoms with van der Waals surface area (Å²) < 4.78 is 62.6. The molecule has 4 rings (SSSR count). The third-order valence-electron chi connectivity index (χ3n) is 7.26. The van der Waals surface area contributed by atoms with Gasteiger partial charge in [-0.1, -0.05) is 18.2 Å². The van der Waals surface area contributed by atoms with Crippen LogP contribution in [0.1, 0.15) is 21.5 Å². The fraction of sp³-hybridized carbons (Fsp3) is 0.333. The Morgan fingerprint density at radius 1 is 0.844 bits per heavy atom. The van der Waals surface area contributed by atoms with Gasteiger partial charge in [0.25, 0.3) is 0 Å². The van der Waals surface area contributed by atoms with Gasteiger partial charge in [0.05, 0.1) is 28.4 Å². The van der Waals surface area contributed by atoms with Crippen LogP contribution < -0.4 is 14.9 Å². The molecule has 45 heavy (non-hydrogen) atoms. The van der Waals surface area contributed by atoms with Gasteiger partial charge in [-0.25, -0.2) is 21.6 Å². The number of rotatable bonds is 12. The average Bonchev–Trinajstić information content (AvgIpc) is 2.95. The highest BCUT2D eigenvalue weighted by Crippen LogP contribution is 2.47. The van der Waals surface area contributed by atoms with Crippen molar-refractivity contribution in [2.24, 2.45) is 0 Å². The number of carboxylic acid groups (broad SMARTS) is 1. The number of fused-ring (bicyclic) bond motifs is 2. The summed E-state index contributed by atoms with van der Waals surface area (Å²) in [4.78, 5) is 29.1. The fourth-order valence-electron chi connectivity index (χ4n) is 4.83. The quantitative estimate of drug-likeness (QED) is 0.129. The highest BCUT2D eigenvalue weighted by atomic mass is 32.2. The Labute approximate surface area is 261 Å². The number of sulfonamides is 2. The molecule has 13 nitrogen and oxygen atoms in total. The zero-order valence-electron chi connectivity index (χ0n) is 25.8. The molecule has 242 valence electrons. The standard InChI is InChI=1S/C30H36N4O9S2/c1-17-26(35)23(31-44(39,40)13-11-33(3)4)15-21-25(19-9-7-8-10-20(19)30(37)38)22-16-24(32-45(41,42)14-12-34(5)6)27(36)18(2)29(22)43-28(17)21/h7-10,15-16,31-32,35H,11-14H2,1-6H3,(H,37,38). The summed E-state index contributed by atoms with van der Waals surface area (Å²) in [6, 6.07) is 8.71. The number of hydrogen-bond donors (Lipinski definition) is 4. The Balaban J connectivity index is 2.10. The van der Waals surface area contributed by atoms with E-state index >= 15 is 0 Å². The fourth-order valence-corrected chi connectivity index (χ4v) is 7.22. The predicted octanol–water partition coefficient (Wildman–Crippen LogP) is 3.19. The molecule has 0 bridgehead atoms. The van der Waals surface area contributed by atoms with Crippen molar-refractivity contribution < 1.29 is 36.3 Å². The summed E-state index contributed by atoms with van der Waals surface area (Å²) in [5.74, 6) is -2.18. The number of aromatic hydroxyl groups is 1. The van der Waals surface area contributed by atoms with Gasteiger partial charge >= 0.3 is 5.97 Å². The maximum atomic E-state index is 13.4. The SMILES string of the molecule is Cc1c2oc3c(C)c(O)c(NS(=O)(=O)CCN(C)C)cc3c(-c3ccccc3C(=O)O)c-2cc(NS(=O)(=O)CCN(C)C)c1=O. The maximum Gasteiger partial charge on any atom is 0.336 e. The normalized spacial score (nSPS) is 12.4. The zero-order valence-corrected chi connectivity index (χ0v) is 27.4. The lowest BCUT2D eigenvalue weighted by molar-refractivity contribution is 0.0697. The van der Waals surface area contributed by atoms with E-state index in [-0.39, 0.29) is 86.1 Å². The van der Waals surface area contributed by atoms with Crippen LogP contribution in [0.4, 0.5) is 11.4 Å². The van der Waals surface area contributed by atoms with Gasteiger partial charge in [-0.05, 0) is 65.8 Å². The highest BCUT2D eigenvalue weighted by Gasteiger charge is 2.28. The van der Waals surface area contributed by atoms with Gasteiger partial charge in [-0.3, -0.25) is 14.2 Å². The molecular weight excluding hydrogens is 624 g/mol. The first-order valence-electron chi connectivity index (χ1n) is 13.8. The van der Waals surface area contributed by atoms with Crippen molar-refractivity contribution in [3.8, 4) is 28.2 Å². The van der Waals surface area contributed by atoms with E-state index in [2.05, 4.69) is 9.44 Å². The van der Waals surface area contributed by atoms with Crippen LogP contribution in [0.2, 0.25) is 0 Å². The second kappa shape index (κ2) is 12.7. The smallest absolute Gasteiger partial charge is 0.336 e. The molecule has 1 aliphatic heterocycles. The third-order valence-corrected chi connectivity index (χ3v) is 9.76. The summed E-state index contributed by atoms with van der Waals surface area (Å²) >= 11 is 0. The van der Waals surface area contributed by atoms with Crippen molar-refractivity contribution in [1.29, 1.82) is 0 Å². The molecule has 0 saturated heterocycles. The van der Waals surface area contributed by atoms with Crippen LogP contribution in [0.5, 0.6) is 5.75 Å². The third kappa shape index (κ3) is 7.22. The molecule has 0 radical (unpaired) electrons. The summed E-state index contributed by atoms with van der Waals surface area (Å²) in [6.07, 6.45) is 0. The van der Waals surface area contributed by atoms with E-state index in [4.69, 9.17) is 4.42 Å². The van der Waals surface area contributed by atoms with Gasteiger partial charge in [0.2, 0.25) is 25.5 Å². The Hall–Kier alpha value is -4.18. The van der Waals surface area contributed by atoms with Gasteiger partial charge in [-0.15, -0.1) is 0 Å². The molecule has 2 aliphatic rings. The van der Waals surface area contributed by atoms with Crippen LogP contribution in [-0.4, -0.2) is 95.6 Å². The monoisotopic (exact) mass is 660 g/mol. The Morgan fingerprint density at radius 2 is 1.40 bits per heavy atom. The van der Waals surface area contributed by atoms with Gasteiger partial charge in [0.15, 0.2) is 0 Å². The Kier molecular flexibility index (Phi) is 9.49. The number of hydrogen-bond acceptors (Lipinski definition) is 10. The predicted molar refractivity (Wildman–Crippen MR) is 175 cm³/mol. The number of aryl methyl sites for hydroxylation is 1. The largest absolute Gasteiger partial charge is 0.505 e. The van der Waals surface area contributed by atoms with Crippen molar-refractivity contribution >= 4 is 48.4 Å². The van der Waals surface area contributed by atoms with Crippen molar-refractivity contribution in [1.82, 2.24) is 9.80 Å². The molecule has 0 aromatic heterocycles. The minimum atomic E-state index is -3.96. The minimum Gasteiger partial charge on any atom is -0.505 e. The van der Waals surface area contributed by atoms with Crippen LogP contribution >= 0.6 is 0 Å². The van der Waals surface area contributed by atoms with E-state index in [1.54, 1.807) is 50.1 Å². The zero-order chi connectivity index (χ0) is 33.4. The molecule has 0 fully saturated rings. The van der Waals surface area contributed by atoms with Crippen molar-refractivity contribution in [3.05, 3.63) is 63.3 Å². The Bertz CT molecular complexity index is 2040. The Morgan fingerprint density at radius 3 is 1.96 bits per heavy atom. The van der Waals surface area contributed by atoms with E-state index < -0.39 is 37.2 Å². The first-order valence-corrected chi connectivity index (χ1v) is 17.1. The van der Waals surface area contributed by atoms with Gasteiger partial charge in [-0.2, -0.15) is 0 Å². The molecule has 0 amide bonds. The lowest BCUT2D eigenvalue weighted by Crippen LogP contribution is -2.28. The van der Waals surface area contributed by atoms with E-state index in [0.29, 0.717) is 0 Å². The number of carbonyl (C=O) groups is 1. The van der Waals surface area contributed by atoms with Gasteiger partial charge in [0.1, 0.15) is 17.1 Å². The number of phenolic OH excluding ortho intramolecular Hbond substituents is 1. The summed E-state index contributed by atoms with van der Waals surface area (Å²) in [5, 5.41) is 21.4. The first kappa shape index (κ1) is 33.7. The molecule has 0 spiro atoms. The van der Waals surface area contributed by atoms with E-state index in [1.165, 1.54) is 38.1 Å². The summed E-state index contributed by atoms with van der Waals surface area (Å²) in [7, 11) is -1.02.